The van der Waals surface area contributed by atoms with Gasteiger partial charge in [-0.2, -0.15) is 0 Å². The smallest absolute Gasteiger partial charge is 0.146 e. The van der Waals surface area contributed by atoms with Gasteiger partial charge in [-0.25, -0.2) is 4.39 Å². The molecule has 5 heteroatoms. The summed E-state index contributed by atoms with van der Waals surface area (Å²) in [5.41, 5.74) is 6.80. The molecule has 4 heterocycles. The summed E-state index contributed by atoms with van der Waals surface area (Å²) in [6.45, 7) is 5.27. The zero-order chi connectivity index (χ0) is 11.8. The first-order valence-electron chi connectivity index (χ1n) is 6.07. The summed E-state index contributed by atoms with van der Waals surface area (Å²) in [5, 5.41) is 0. The van der Waals surface area contributed by atoms with Crippen molar-refractivity contribution in [3.8, 4) is 0 Å². The van der Waals surface area contributed by atoms with Gasteiger partial charge in [0.05, 0.1) is 6.20 Å². The maximum absolute atomic E-state index is 13.7. The number of aromatic nitrogens is 1. The third-order valence-corrected chi connectivity index (χ3v) is 3.90. The molecule has 0 spiro atoms. The molecule has 92 valence electrons. The van der Waals surface area contributed by atoms with Crippen LogP contribution in [-0.2, 0) is 0 Å². The number of hydrogen-bond donors (Lipinski definition) is 1. The molecule has 3 saturated heterocycles. The topological polar surface area (TPSA) is 45.4 Å². The Morgan fingerprint density at radius 3 is 2.71 bits per heavy atom. The van der Waals surface area contributed by atoms with E-state index in [0.717, 1.165) is 32.7 Å². The lowest BCUT2D eigenvalue weighted by Crippen LogP contribution is -2.63. The van der Waals surface area contributed by atoms with Crippen molar-refractivity contribution in [1.82, 2.24) is 14.8 Å². The molecule has 0 amide bonds. The van der Waals surface area contributed by atoms with Crippen LogP contribution in [0.25, 0.3) is 0 Å². The highest BCUT2D eigenvalue weighted by Gasteiger charge is 2.36. The van der Waals surface area contributed by atoms with Crippen LogP contribution in [0.5, 0.6) is 0 Å². The summed E-state index contributed by atoms with van der Waals surface area (Å²) in [7, 11) is 0. The van der Waals surface area contributed by atoms with Crippen molar-refractivity contribution in [1.29, 1.82) is 0 Å². The van der Waals surface area contributed by atoms with E-state index in [1.165, 1.54) is 6.20 Å². The maximum atomic E-state index is 13.7. The van der Waals surface area contributed by atoms with Crippen LogP contribution in [0, 0.1) is 5.82 Å². The van der Waals surface area contributed by atoms with Gasteiger partial charge < -0.3 is 5.73 Å². The average molecular weight is 236 g/mol. The molecule has 1 aromatic rings. The first kappa shape index (κ1) is 11.1. The summed E-state index contributed by atoms with van der Waals surface area (Å²) in [6.07, 6.45) is 2.85. The fourth-order valence-corrected chi connectivity index (χ4v) is 2.86. The monoisotopic (exact) mass is 236 g/mol. The molecule has 0 aromatic carbocycles. The molecule has 2 N–H and O–H groups in total. The summed E-state index contributed by atoms with van der Waals surface area (Å²) in [4.78, 5) is 8.55. The summed E-state index contributed by atoms with van der Waals surface area (Å²) < 4.78 is 13.7. The fraction of sp³-hybridized carbons (Fsp3) is 0.583. The number of nitrogens with two attached hydrogens (primary N) is 1. The second kappa shape index (κ2) is 4.33. The van der Waals surface area contributed by atoms with Gasteiger partial charge >= 0.3 is 0 Å². The van der Waals surface area contributed by atoms with Crippen LogP contribution in [0.15, 0.2) is 18.5 Å². The van der Waals surface area contributed by atoms with Crippen molar-refractivity contribution in [2.75, 3.05) is 32.7 Å². The Bertz CT molecular complexity index is 403. The van der Waals surface area contributed by atoms with Gasteiger partial charge in [0.25, 0.3) is 0 Å². The fourth-order valence-electron chi connectivity index (χ4n) is 2.86. The van der Waals surface area contributed by atoms with Crippen LogP contribution in [-0.4, -0.2) is 53.5 Å². The molecule has 2 atom stereocenters. The molecule has 17 heavy (non-hydrogen) atoms. The van der Waals surface area contributed by atoms with Gasteiger partial charge in [0, 0.05) is 56.6 Å². The number of halogens is 1. The summed E-state index contributed by atoms with van der Waals surface area (Å²) >= 11 is 0. The predicted octanol–water partition coefficient (Wildman–Crippen LogP) is 0.220. The van der Waals surface area contributed by atoms with Crippen molar-refractivity contribution in [3.63, 3.8) is 0 Å². The molecule has 0 radical (unpaired) electrons. The minimum atomic E-state index is -0.294. The molecule has 2 unspecified atom stereocenters. The Kier molecular flexibility index (Phi) is 2.82. The van der Waals surface area contributed by atoms with E-state index in [2.05, 4.69) is 14.8 Å². The molecule has 1 aromatic heterocycles. The number of hydrogen-bond acceptors (Lipinski definition) is 4. The Morgan fingerprint density at radius 2 is 2.12 bits per heavy atom. The van der Waals surface area contributed by atoms with Crippen molar-refractivity contribution < 1.29 is 4.39 Å². The Labute approximate surface area is 100 Å². The van der Waals surface area contributed by atoms with Gasteiger partial charge in [-0.3, -0.25) is 14.8 Å². The summed E-state index contributed by atoms with van der Waals surface area (Å²) in [5.74, 6) is -0.294. The normalized spacial score (nSPS) is 33.6. The second-order valence-electron chi connectivity index (χ2n) is 4.83. The lowest BCUT2D eigenvalue weighted by Gasteiger charge is -2.49. The standard InChI is InChI=1S/C12H17FN4/c13-10-7-15-2-1-9(10)12(14)11-8-16-3-5-17(11)6-4-16/h1-2,7,11-12H,3-6,8,14H2. The van der Waals surface area contributed by atoms with Crippen LogP contribution in [0.2, 0.25) is 0 Å². The average Bonchev–Trinajstić information content (AvgIpc) is 2.40. The van der Waals surface area contributed by atoms with Gasteiger partial charge in [-0.1, -0.05) is 0 Å². The van der Waals surface area contributed by atoms with Crippen molar-refractivity contribution in [2.45, 2.75) is 12.1 Å². The van der Waals surface area contributed by atoms with Gasteiger partial charge in [0.1, 0.15) is 5.82 Å². The van der Waals surface area contributed by atoms with E-state index in [-0.39, 0.29) is 17.9 Å². The molecular formula is C12H17FN4. The minimum Gasteiger partial charge on any atom is -0.323 e. The summed E-state index contributed by atoms with van der Waals surface area (Å²) in [6, 6.07) is 1.66. The molecule has 3 aliphatic heterocycles. The molecule has 0 aliphatic carbocycles. The van der Waals surface area contributed by atoms with Gasteiger partial charge in [0.15, 0.2) is 0 Å². The maximum Gasteiger partial charge on any atom is 0.146 e. The number of fused-ring (bicyclic) bond motifs is 3. The van der Waals surface area contributed by atoms with E-state index < -0.39 is 0 Å². The quantitative estimate of drug-likeness (QED) is 0.798. The molecule has 3 fully saturated rings. The van der Waals surface area contributed by atoms with E-state index >= 15 is 0 Å². The number of nitrogens with zero attached hydrogens (tertiary/aromatic N) is 3. The second-order valence-corrected chi connectivity index (χ2v) is 4.83. The molecule has 0 saturated carbocycles. The van der Waals surface area contributed by atoms with Crippen molar-refractivity contribution >= 4 is 0 Å². The van der Waals surface area contributed by atoms with Crippen molar-refractivity contribution in [3.05, 3.63) is 29.8 Å². The molecule has 3 aliphatic rings. The SMILES string of the molecule is NC(c1ccncc1F)C1CN2CCN1CC2. The Hall–Kier alpha value is -1.04. The number of rotatable bonds is 2. The third kappa shape index (κ3) is 1.94. The minimum absolute atomic E-state index is 0.231. The van der Waals surface area contributed by atoms with E-state index in [0.29, 0.717) is 5.56 Å². The zero-order valence-electron chi connectivity index (χ0n) is 9.72. The molecule has 4 rings (SSSR count). The predicted molar refractivity (Wildman–Crippen MR) is 62.9 cm³/mol. The van der Waals surface area contributed by atoms with Crippen LogP contribution in [0.1, 0.15) is 11.6 Å². The third-order valence-electron chi connectivity index (χ3n) is 3.90. The highest BCUT2D eigenvalue weighted by atomic mass is 19.1. The molecule has 4 nitrogen and oxygen atoms in total. The Morgan fingerprint density at radius 1 is 1.35 bits per heavy atom. The Balaban J connectivity index is 1.83. The van der Waals surface area contributed by atoms with E-state index in [9.17, 15) is 4.39 Å². The largest absolute Gasteiger partial charge is 0.323 e. The van der Waals surface area contributed by atoms with Gasteiger partial charge in [0.2, 0.25) is 0 Å². The van der Waals surface area contributed by atoms with Crippen LogP contribution in [0.4, 0.5) is 4.39 Å². The van der Waals surface area contributed by atoms with Gasteiger partial charge in [-0.05, 0) is 6.07 Å². The lowest BCUT2D eigenvalue weighted by atomic mass is 9.95. The number of pyridine rings is 1. The molecule has 2 bridgehead atoms. The van der Waals surface area contributed by atoms with Gasteiger partial charge in [-0.15, -0.1) is 0 Å². The number of piperazine rings is 3. The van der Waals surface area contributed by atoms with E-state index in [1.54, 1.807) is 12.3 Å². The highest BCUT2D eigenvalue weighted by Crippen LogP contribution is 2.26. The highest BCUT2D eigenvalue weighted by molar-refractivity contribution is 5.20. The van der Waals surface area contributed by atoms with Crippen LogP contribution >= 0.6 is 0 Å². The van der Waals surface area contributed by atoms with E-state index in [4.69, 9.17) is 5.73 Å². The molecular weight excluding hydrogens is 219 g/mol. The lowest BCUT2D eigenvalue weighted by molar-refractivity contribution is 0.00169. The first-order valence-corrected chi connectivity index (χ1v) is 6.07. The van der Waals surface area contributed by atoms with Crippen molar-refractivity contribution in [2.24, 2.45) is 5.73 Å². The zero-order valence-corrected chi connectivity index (χ0v) is 9.72. The van der Waals surface area contributed by atoms with Crippen LogP contribution < -0.4 is 5.73 Å². The van der Waals surface area contributed by atoms with Crippen LogP contribution in [0.3, 0.4) is 0 Å². The van der Waals surface area contributed by atoms with E-state index in [1.807, 2.05) is 0 Å². The first-order chi connectivity index (χ1) is 8.25.